The Labute approximate surface area is 166 Å². The molecule has 2 aromatic rings. The first-order valence-electron chi connectivity index (χ1n) is 9.42. The lowest BCUT2D eigenvalue weighted by molar-refractivity contribution is -0.118. The SMILES string of the molecule is CC1CC(C)CN(S(=O)(=O)c2ccc(NC(=O)COc3ccccc3)cc2)C1. The van der Waals surface area contributed by atoms with Crippen LogP contribution in [0.15, 0.2) is 59.5 Å². The van der Waals surface area contributed by atoms with Crippen LogP contribution in [0.25, 0.3) is 0 Å². The van der Waals surface area contributed by atoms with E-state index in [1.165, 1.54) is 12.1 Å². The van der Waals surface area contributed by atoms with Gasteiger partial charge in [0.2, 0.25) is 10.0 Å². The van der Waals surface area contributed by atoms with Gasteiger partial charge in [-0.3, -0.25) is 4.79 Å². The summed E-state index contributed by atoms with van der Waals surface area (Å²) in [6.07, 6.45) is 1.04. The van der Waals surface area contributed by atoms with Gasteiger partial charge in [0.05, 0.1) is 4.90 Å². The third-order valence-electron chi connectivity index (χ3n) is 4.72. The molecule has 7 heteroatoms. The molecule has 6 nitrogen and oxygen atoms in total. The van der Waals surface area contributed by atoms with E-state index in [-0.39, 0.29) is 17.4 Å². The standard InChI is InChI=1S/C21H26N2O4S/c1-16-12-17(2)14-23(13-16)28(25,26)20-10-8-18(9-11-20)22-21(24)15-27-19-6-4-3-5-7-19/h3-11,16-17H,12-15H2,1-2H3,(H,22,24). The van der Waals surface area contributed by atoms with Gasteiger partial charge >= 0.3 is 0 Å². The number of ether oxygens (including phenoxy) is 1. The second-order valence-corrected chi connectivity index (χ2v) is 9.38. The Morgan fingerprint density at radius 1 is 1.04 bits per heavy atom. The molecule has 28 heavy (non-hydrogen) atoms. The number of anilines is 1. The van der Waals surface area contributed by atoms with Crippen molar-refractivity contribution in [3.8, 4) is 5.75 Å². The minimum absolute atomic E-state index is 0.117. The molecule has 2 atom stereocenters. The maximum absolute atomic E-state index is 12.9. The number of nitrogens with one attached hydrogen (secondary N) is 1. The summed E-state index contributed by atoms with van der Waals surface area (Å²) in [5, 5.41) is 2.71. The molecule has 0 aliphatic carbocycles. The third-order valence-corrected chi connectivity index (χ3v) is 6.57. The zero-order valence-corrected chi connectivity index (χ0v) is 17.0. The van der Waals surface area contributed by atoms with E-state index < -0.39 is 10.0 Å². The van der Waals surface area contributed by atoms with Crippen LogP contribution in [0.3, 0.4) is 0 Å². The van der Waals surface area contributed by atoms with Crippen LogP contribution in [0.5, 0.6) is 5.75 Å². The first-order chi connectivity index (χ1) is 13.3. The summed E-state index contributed by atoms with van der Waals surface area (Å²) in [6, 6.07) is 15.3. The van der Waals surface area contributed by atoms with E-state index in [4.69, 9.17) is 4.74 Å². The second kappa shape index (κ2) is 8.75. The molecule has 0 aromatic heterocycles. The normalized spacial score (nSPS) is 20.5. The highest BCUT2D eigenvalue weighted by molar-refractivity contribution is 7.89. The van der Waals surface area contributed by atoms with Crippen LogP contribution in [-0.2, 0) is 14.8 Å². The van der Waals surface area contributed by atoms with Gasteiger partial charge in [-0.05, 0) is 54.7 Å². The molecule has 1 saturated heterocycles. The fourth-order valence-corrected chi connectivity index (χ4v) is 5.20. The van der Waals surface area contributed by atoms with Crippen molar-refractivity contribution in [2.24, 2.45) is 11.8 Å². The van der Waals surface area contributed by atoms with E-state index in [9.17, 15) is 13.2 Å². The molecular weight excluding hydrogens is 376 g/mol. The van der Waals surface area contributed by atoms with E-state index in [1.807, 2.05) is 18.2 Å². The zero-order chi connectivity index (χ0) is 20.1. The predicted octanol–water partition coefficient (Wildman–Crippen LogP) is 3.37. The zero-order valence-electron chi connectivity index (χ0n) is 16.2. The summed E-state index contributed by atoms with van der Waals surface area (Å²) >= 11 is 0. The van der Waals surface area contributed by atoms with Crippen molar-refractivity contribution in [1.29, 1.82) is 0 Å². The van der Waals surface area contributed by atoms with Crippen molar-refractivity contribution in [3.05, 3.63) is 54.6 Å². The quantitative estimate of drug-likeness (QED) is 0.804. The van der Waals surface area contributed by atoms with Crippen molar-refractivity contribution in [2.75, 3.05) is 25.0 Å². The van der Waals surface area contributed by atoms with Gasteiger partial charge in [-0.15, -0.1) is 0 Å². The molecule has 1 fully saturated rings. The molecule has 0 radical (unpaired) electrons. The van der Waals surface area contributed by atoms with Gasteiger partial charge in [-0.2, -0.15) is 4.31 Å². The Hall–Kier alpha value is -2.38. The lowest BCUT2D eigenvalue weighted by atomic mass is 9.94. The number of para-hydroxylation sites is 1. The summed E-state index contributed by atoms with van der Waals surface area (Å²) in [4.78, 5) is 12.3. The number of piperidine rings is 1. The average molecular weight is 403 g/mol. The lowest BCUT2D eigenvalue weighted by Gasteiger charge is -2.34. The van der Waals surface area contributed by atoms with Crippen LogP contribution in [0.2, 0.25) is 0 Å². The van der Waals surface area contributed by atoms with Gasteiger partial charge in [0, 0.05) is 18.8 Å². The van der Waals surface area contributed by atoms with Crippen LogP contribution in [-0.4, -0.2) is 38.3 Å². The molecule has 0 saturated carbocycles. The van der Waals surface area contributed by atoms with Crippen LogP contribution < -0.4 is 10.1 Å². The smallest absolute Gasteiger partial charge is 0.262 e. The topological polar surface area (TPSA) is 75.7 Å². The minimum Gasteiger partial charge on any atom is -0.484 e. The van der Waals surface area contributed by atoms with Gasteiger partial charge in [0.15, 0.2) is 6.61 Å². The van der Waals surface area contributed by atoms with Crippen LogP contribution in [0.1, 0.15) is 20.3 Å². The first-order valence-corrected chi connectivity index (χ1v) is 10.9. The molecule has 3 rings (SSSR count). The van der Waals surface area contributed by atoms with Gasteiger partial charge in [-0.1, -0.05) is 32.0 Å². The lowest BCUT2D eigenvalue weighted by Crippen LogP contribution is -2.42. The summed E-state index contributed by atoms with van der Waals surface area (Å²) in [7, 11) is -3.52. The van der Waals surface area contributed by atoms with E-state index >= 15 is 0 Å². The molecule has 1 aliphatic heterocycles. The number of carbonyl (C=O) groups is 1. The Balaban J connectivity index is 1.60. The van der Waals surface area contributed by atoms with Gasteiger partial charge in [0.1, 0.15) is 5.75 Å². The van der Waals surface area contributed by atoms with Gasteiger partial charge in [0.25, 0.3) is 5.91 Å². The highest BCUT2D eigenvalue weighted by Crippen LogP contribution is 2.27. The van der Waals surface area contributed by atoms with Crippen molar-refractivity contribution in [3.63, 3.8) is 0 Å². The van der Waals surface area contributed by atoms with Crippen LogP contribution in [0.4, 0.5) is 5.69 Å². The highest BCUT2D eigenvalue weighted by Gasteiger charge is 2.31. The Kier molecular flexibility index (Phi) is 6.36. The largest absolute Gasteiger partial charge is 0.484 e. The van der Waals surface area contributed by atoms with Crippen molar-refractivity contribution in [1.82, 2.24) is 4.31 Å². The van der Waals surface area contributed by atoms with Gasteiger partial charge in [-0.25, -0.2) is 8.42 Å². The fourth-order valence-electron chi connectivity index (χ4n) is 3.52. The van der Waals surface area contributed by atoms with Crippen molar-refractivity contribution >= 4 is 21.6 Å². The van der Waals surface area contributed by atoms with Crippen LogP contribution in [0, 0.1) is 11.8 Å². The molecule has 1 N–H and O–H groups in total. The number of nitrogens with zero attached hydrogens (tertiary/aromatic N) is 1. The molecule has 0 spiro atoms. The number of hydrogen-bond acceptors (Lipinski definition) is 4. The number of benzene rings is 2. The fraction of sp³-hybridized carbons (Fsp3) is 0.381. The molecule has 1 heterocycles. The average Bonchev–Trinajstić information content (AvgIpc) is 2.67. The van der Waals surface area contributed by atoms with E-state index in [0.717, 1.165) is 6.42 Å². The maximum Gasteiger partial charge on any atom is 0.262 e. The maximum atomic E-state index is 12.9. The summed E-state index contributed by atoms with van der Waals surface area (Å²) in [5.74, 6) is 1.01. The third kappa shape index (κ3) is 5.11. The van der Waals surface area contributed by atoms with Crippen molar-refractivity contribution in [2.45, 2.75) is 25.2 Å². The number of hydrogen-bond donors (Lipinski definition) is 1. The number of rotatable bonds is 6. The second-order valence-electron chi connectivity index (χ2n) is 7.44. The van der Waals surface area contributed by atoms with E-state index in [1.54, 1.807) is 28.6 Å². The molecule has 1 aliphatic rings. The monoisotopic (exact) mass is 402 g/mol. The Morgan fingerprint density at radius 3 is 2.25 bits per heavy atom. The molecule has 150 valence electrons. The summed E-state index contributed by atoms with van der Waals surface area (Å²) in [5.41, 5.74) is 0.529. The molecule has 2 unspecified atom stereocenters. The molecule has 0 bridgehead atoms. The van der Waals surface area contributed by atoms with Gasteiger partial charge < -0.3 is 10.1 Å². The Bertz CT molecular complexity index is 888. The molecule has 2 aromatic carbocycles. The van der Waals surface area contributed by atoms with Crippen molar-refractivity contribution < 1.29 is 17.9 Å². The van der Waals surface area contributed by atoms with Crippen LogP contribution >= 0.6 is 0 Å². The summed E-state index contributed by atoms with van der Waals surface area (Å²) < 4.78 is 32.7. The highest BCUT2D eigenvalue weighted by atomic mass is 32.2. The number of carbonyl (C=O) groups excluding carboxylic acids is 1. The number of sulfonamides is 1. The summed E-state index contributed by atoms with van der Waals surface area (Å²) in [6.45, 7) is 5.13. The predicted molar refractivity (Wildman–Crippen MR) is 109 cm³/mol. The molecule has 1 amide bonds. The van der Waals surface area contributed by atoms with E-state index in [2.05, 4.69) is 19.2 Å². The van der Waals surface area contributed by atoms with E-state index in [0.29, 0.717) is 36.4 Å². The Morgan fingerprint density at radius 2 is 1.64 bits per heavy atom. The number of amides is 1. The first kappa shape index (κ1) is 20.4. The molecular formula is C21H26N2O4S. The minimum atomic E-state index is -3.52.